The molecule has 7 nitrogen and oxygen atoms in total. The molecule has 0 radical (unpaired) electrons. The number of likely N-dealkylation sites (tertiary alicyclic amines) is 1. The number of sulfone groups is 1. The fourth-order valence-corrected chi connectivity index (χ4v) is 7.10. The first-order chi connectivity index (χ1) is 18.2. The Morgan fingerprint density at radius 3 is 2.05 bits per heavy atom. The number of rotatable bonds is 6. The number of sulfonamides is 1. The van der Waals surface area contributed by atoms with Crippen LogP contribution in [0.15, 0.2) is 81.4 Å². The molecule has 3 aromatic carbocycles. The molecule has 1 amide bonds. The van der Waals surface area contributed by atoms with Crippen LogP contribution in [0.2, 0.25) is 0 Å². The van der Waals surface area contributed by atoms with Gasteiger partial charge < -0.3 is 4.90 Å². The van der Waals surface area contributed by atoms with Crippen LogP contribution < -0.4 is 4.72 Å². The molecule has 4 rings (SSSR count). The molecule has 0 aromatic heterocycles. The van der Waals surface area contributed by atoms with Crippen molar-refractivity contribution in [3.63, 3.8) is 0 Å². The monoisotopic (exact) mass is 588 g/mol. The van der Waals surface area contributed by atoms with Gasteiger partial charge in [0, 0.05) is 24.7 Å². The molecule has 1 aliphatic rings. The summed E-state index contributed by atoms with van der Waals surface area (Å²) in [5.74, 6) is -2.95. The molecule has 0 saturated carbocycles. The van der Waals surface area contributed by atoms with Crippen LogP contribution in [0.3, 0.4) is 0 Å². The highest BCUT2D eigenvalue weighted by Crippen LogP contribution is 2.36. The van der Waals surface area contributed by atoms with Crippen molar-refractivity contribution in [2.45, 2.75) is 39.7 Å². The second-order valence-electron chi connectivity index (χ2n) is 8.79. The number of hydrogen-bond acceptors (Lipinski definition) is 5. The van der Waals surface area contributed by atoms with Crippen molar-refractivity contribution in [3.8, 4) is 0 Å². The number of piperidine rings is 1. The molecule has 0 spiro atoms. The van der Waals surface area contributed by atoms with Gasteiger partial charge in [0.1, 0.15) is 0 Å². The molecular formula is C25H21F5N2O5S2. The average molecular weight is 589 g/mol. The molecule has 0 aliphatic carbocycles. The van der Waals surface area contributed by atoms with Crippen molar-refractivity contribution in [1.82, 2.24) is 9.62 Å². The van der Waals surface area contributed by atoms with Crippen LogP contribution in [0.5, 0.6) is 0 Å². The standard InChI is InChI=1S/C25H21F5N2O5S2/c26-21-9-6-16(14-22(21)27)24(33)32-12-10-17(11-13-32)31-39(36,37)23-15-19(7-8-20(23)25(28,29)30)38(34,35)18-4-2-1-3-5-18/h1-9,14-15,17,31H,10-13H2. The molecule has 3 aromatic rings. The Labute approximate surface area is 221 Å². The van der Waals surface area contributed by atoms with Gasteiger partial charge in [0.25, 0.3) is 5.91 Å². The fourth-order valence-electron chi connectivity index (χ4n) is 4.16. The highest BCUT2D eigenvalue weighted by atomic mass is 32.2. The van der Waals surface area contributed by atoms with Crippen molar-refractivity contribution in [3.05, 3.63) is 89.5 Å². The summed E-state index contributed by atoms with van der Waals surface area (Å²) in [6.07, 6.45) is -5.07. The summed E-state index contributed by atoms with van der Waals surface area (Å²) >= 11 is 0. The van der Waals surface area contributed by atoms with Gasteiger partial charge in [-0.2, -0.15) is 13.2 Å². The van der Waals surface area contributed by atoms with Gasteiger partial charge in [-0.1, -0.05) is 18.2 Å². The second-order valence-corrected chi connectivity index (χ2v) is 12.4. The van der Waals surface area contributed by atoms with Crippen molar-refractivity contribution in [1.29, 1.82) is 0 Å². The van der Waals surface area contributed by atoms with E-state index in [2.05, 4.69) is 4.72 Å². The number of hydrogen-bond donors (Lipinski definition) is 1. The SMILES string of the molecule is O=C(c1ccc(F)c(F)c1)N1CCC(NS(=O)(=O)c2cc(S(=O)(=O)c3ccccc3)ccc2C(F)(F)F)CC1. The number of carbonyl (C=O) groups excluding carboxylic acids is 1. The zero-order chi connectivity index (χ0) is 28.6. The molecule has 1 aliphatic heterocycles. The average Bonchev–Trinajstić information content (AvgIpc) is 2.89. The summed E-state index contributed by atoms with van der Waals surface area (Å²) < 4.78 is 122. The molecule has 1 saturated heterocycles. The van der Waals surface area contributed by atoms with E-state index in [0.717, 1.165) is 18.2 Å². The zero-order valence-electron chi connectivity index (χ0n) is 20.0. The Balaban J connectivity index is 1.56. The van der Waals surface area contributed by atoms with Crippen molar-refractivity contribution < 1.29 is 43.6 Å². The minimum atomic E-state index is -5.10. The van der Waals surface area contributed by atoms with Gasteiger partial charge in [-0.3, -0.25) is 4.79 Å². The summed E-state index contributed by atoms with van der Waals surface area (Å²) in [5.41, 5.74) is -1.65. The lowest BCUT2D eigenvalue weighted by atomic mass is 10.0. The first-order valence-corrected chi connectivity index (χ1v) is 14.4. The van der Waals surface area contributed by atoms with Gasteiger partial charge in [0.05, 0.1) is 20.2 Å². The normalized spacial score (nSPS) is 15.4. The third-order valence-electron chi connectivity index (χ3n) is 6.18. The number of benzene rings is 3. The Hall–Kier alpha value is -3.36. The smallest absolute Gasteiger partial charge is 0.339 e. The lowest BCUT2D eigenvalue weighted by Gasteiger charge is -2.32. The van der Waals surface area contributed by atoms with Crippen LogP contribution in [-0.4, -0.2) is 46.8 Å². The molecule has 39 heavy (non-hydrogen) atoms. The van der Waals surface area contributed by atoms with E-state index in [-0.39, 0.29) is 36.4 Å². The van der Waals surface area contributed by atoms with E-state index < -0.39 is 65.0 Å². The largest absolute Gasteiger partial charge is 0.417 e. The Morgan fingerprint density at radius 2 is 1.46 bits per heavy atom. The quantitative estimate of drug-likeness (QED) is 0.431. The lowest BCUT2D eigenvalue weighted by Crippen LogP contribution is -2.46. The molecule has 0 bridgehead atoms. The first kappa shape index (κ1) is 28.6. The minimum absolute atomic E-state index is 0.0119. The first-order valence-electron chi connectivity index (χ1n) is 11.5. The van der Waals surface area contributed by atoms with E-state index in [9.17, 15) is 43.6 Å². The molecule has 1 heterocycles. The van der Waals surface area contributed by atoms with Crippen LogP contribution >= 0.6 is 0 Å². The van der Waals surface area contributed by atoms with Gasteiger partial charge >= 0.3 is 6.18 Å². The highest BCUT2D eigenvalue weighted by molar-refractivity contribution is 7.91. The molecule has 1 fully saturated rings. The summed E-state index contributed by atoms with van der Waals surface area (Å²) in [6, 6.07) is 10.2. The molecule has 14 heteroatoms. The maximum absolute atomic E-state index is 13.7. The van der Waals surface area contributed by atoms with E-state index in [0.29, 0.717) is 18.2 Å². The van der Waals surface area contributed by atoms with E-state index in [1.807, 2.05) is 0 Å². The summed E-state index contributed by atoms with van der Waals surface area (Å²) in [7, 11) is -9.19. The number of amides is 1. The second kappa shape index (κ2) is 10.7. The molecule has 0 atom stereocenters. The van der Waals surface area contributed by atoms with Gasteiger partial charge in [0.2, 0.25) is 19.9 Å². The van der Waals surface area contributed by atoms with Crippen LogP contribution in [-0.2, 0) is 26.0 Å². The Bertz CT molecular complexity index is 1600. The van der Waals surface area contributed by atoms with Gasteiger partial charge in [-0.05, 0) is 61.4 Å². The van der Waals surface area contributed by atoms with E-state index in [4.69, 9.17) is 0 Å². The number of nitrogens with one attached hydrogen (secondary N) is 1. The number of halogens is 5. The predicted molar refractivity (Wildman–Crippen MR) is 129 cm³/mol. The van der Waals surface area contributed by atoms with Crippen molar-refractivity contribution in [2.75, 3.05) is 13.1 Å². The molecule has 208 valence electrons. The Kier molecular flexibility index (Phi) is 7.83. The topological polar surface area (TPSA) is 101 Å². The number of carbonyl (C=O) groups is 1. The van der Waals surface area contributed by atoms with Crippen LogP contribution in [0, 0.1) is 11.6 Å². The van der Waals surface area contributed by atoms with Gasteiger partial charge in [0.15, 0.2) is 11.6 Å². The molecular weight excluding hydrogens is 567 g/mol. The number of alkyl halides is 3. The minimum Gasteiger partial charge on any atom is -0.339 e. The summed E-state index contributed by atoms with van der Waals surface area (Å²) in [5, 5.41) is 0. The maximum Gasteiger partial charge on any atom is 0.417 e. The summed E-state index contributed by atoms with van der Waals surface area (Å²) in [6.45, 7) is -0.0286. The van der Waals surface area contributed by atoms with Crippen LogP contribution in [0.1, 0.15) is 28.8 Å². The molecule has 0 unspecified atom stereocenters. The lowest BCUT2D eigenvalue weighted by molar-refractivity contribution is -0.139. The van der Waals surface area contributed by atoms with Crippen LogP contribution in [0.4, 0.5) is 22.0 Å². The zero-order valence-corrected chi connectivity index (χ0v) is 21.6. The highest BCUT2D eigenvalue weighted by Gasteiger charge is 2.39. The fraction of sp³-hybridized carbons (Fsp3) is 0.240. The third kappa shape index (κ3) is 6.12. The van der Waals surface area contributed by atoms with Crippen molar-refractivity contribution in [2.24, 2.45) is 0 Å². The maximum atomic E-state index is 13.7. The third-order valence-corrected chi connectivity index (χ3v) is 9.51. The van der Waals surface area contributed by atoms with E-state index in [1.165, 1.54) is 29.2 Å². The van der Waals surface area contributed by atoms with Crippen LogP contribution in [0.25, 0.3) is 0 Å². The van der Waals surface area contributed by atoms with Gasteiger partial charge in [-0.25, -0.2) is 30.3 Å². The van der Waals surface area contributed by atoms with E-state index in [1.54, 1.807) is 6.07 Å². The summed E-state index contributed by atoms with van der Waals surface area (Å²) in [4.78, 5) is 11.8. The molecule has 1 N–H and O–H groups in total. The van der Waals surface area contributed by atoms with Gasteiger partial charge in [-0.15, -0.1) is 0 Å². The van der Waals surface area contributed by atoms with Crippen molar-refractivity contribution >= 4 is 25.8 Å². The predicted octanol–water partition coefficient (Wildman–Crippen LogP) is 4.40. The van der Waals surface area contributed by atoms with E-state index >= 15 is 0 Å². The number of nitrogens with zero attached hydrogens (tertiary/aromatic N) is 1. The Morgan fingerprint density at radius 1 is 0.821 bits per heavy atom.